The Morgan fingerprint density at radius 1 is 1.00 bits per heavy atom. The van der Waals surface area contributed by atoms with Crippen molar-refractivity contribution in [2.75, 3.05) is 5.73 Å². The van der Waals surface area contributed by atoms with Gasteiger partial charge in [-0.3, -0.25) is 0 Å². The SMILES string of the molecule is Cc1ccc([C@@H](O)c2ccc(N)cc2)c(C)c1. The van der Waals surface area contributed by atoms with E-state index in [4.69, 9.17) is 5.73 Å². The molecule has 0 aliphatic carbocycles. The summed E-state index contributed by atoms with van der Waals surface area (Å²) in [4.78, 5) is 0. The van der Waals surface area contributed by atoms with Crippen molar-refractivity contribution in [3.63, 3.8) is 0 Å². The Labute approximate surface area is 102 Å². The van der Waals surface area contributed by atoms with Crippen LogP contribution >= 0.6 is 0 Å². The number of benzene rings is 2. The van der Waals surface area contributed by atoms with E-state index in [0.29, 0.717) is 5.69 Å². The van der Waals surface area contributed by atoms with Crippen LogP contribution in [0.5, 0.6) is 0 Å². The third-order valence-electron chi connectivity index (χ3n) is 2.97. The van der Waals surface area contributed by atoms with Gasteiger partial charge in [0.25, 0.3) is 0 Å². The average Bonchev–Trinajstić information content (AvgIpc) is 2.29. The van der Waals surface area contributed by atoms with Gasteiger partial charge in [0.15, 0.2) is 0 Å². The molecule has 0 radical (unpaired) electrons. The van der Waals surface area contributed by atoms with Gasteiger partial charge in [-0.2, -0.15) is 0 Å². The molecule has 0 heterocycles. The lowest BCUT2D eigenvalue weighted by molar-refractivity contribution is 0.219. The largest absolute Gasteiger partial charge is 0.399 e. The first-order valence-corrected chi connectivity index (χ1v) is 5.68. The Morgan fingerprint density at radius 2 is 1.65 bits per heavy atom. The van der Waals surface area contributed by atoms with E-state index in [1.165, 1.54) is 5.56 Å². The van der Waals surface area contributed by atoms with Crippen LogP contribution < -0.4 is 5.73 Å². The van der Waals surface area contributed by atoms with Crippen molar-refractivity contribution in [1.82, 2.24) is 0 Å². The summed E-state index contributed by atoms with van der Waals surface area (Å²) >= 11 is 0. The summed E-state index contributed by atoms with van der Waals surface area (Å²) in [6.07, 6.45) is -0.587. The fourth-order valence-electron chi connectivity index (χ4n) is 1.99. The zero-order valence-corrected chi connectivity index (χ0v) is 10.1. The molecule has 0 fully saturated rings. The lowest BCUT2D eigenvalue weighted by atomic mass is 9.96. The van der Waals surface area contributed by atoms with E-state index in [1.807, 2.05) is 50.2 Å². The fourth-order valence-corrected chi connectivity index (χ4v) is 1.99. The highest BCUT2D eigenvalue weighted by atomic mass is 16.3. The number of hydrogen-bond donors (Lipinski definition) is 2. The molecule has 0 amide bonds. The molecule has 0 saturated carbocycles. The molecule has 0 unspecified atom stereocenters. The number of aliphatic hydroxyl groups is 1. The predicted octanol–water partition coefficient (Wildman–Crippen LogP) is 2.97. The molecule has 0 saturated heterocycles. The molecule has 3 N–H and O–H groups in total. The summed E-state index contributed by atoms with van der Waals surface area (Å²) in [5.74, 6) is 0. The van der Waals surface area contributed by atoms with E-state index in [0.717, 1.165) is 16.7 Å². The Balaban J connectivity index is 2.36. The van der Waals surface area contributed by atoms with Crippen LogP contribution in [0.15, 0.2) is 42.5 Å². The third-order valence-corrected chi connectivity index (χ3v) is 2.97. The van der Waals surface area contributed by atoms with E-state index >= 15 is 0 Å². The zero-order chi connectivity index (χ0) is 12.4. The molecule has 1 atom stereocenters. The minimum atomic E-state index is -0.587. The molecule has 2 heteroatoms. The lowest BCUT2D eigenvalue weighted by Crippen LogP contribution is -2.02. The first kappa shape index (κ1) is 11.7. The van der Waals surface area contributed by atoms with Gasteiger partial charge in [0, 0.05) is 5.69 Å². The smallest absolute Gasteiger partial charge is 0.104 e. The molecule has 17 heavy (non-hydrogen) atoms. The minimum Gasteiger partial charge on any atom is -0.399 e. The second-order valence-corrected chi connectivity index (χ2v) is 4.43. The maximum Gasteiger partial charge on any atom is 0.104 e. The highest BCUT2D eigenvalue weighted by molar-refractivity contribution is 5.43. The normalized spacial score (nSPS) is 12.4. The van der Waals surface area contributed by atoms with Gasteiger partial charge in [-0.05, 0) is 42.7 Å². The van der Waals surface area contributed by atoms with Crippen LogP contribution in [0.2, 0.25) is 0 Å². The lowest BCUT2D eigenvalue weighted by Gasteiger charge is -2.14. The molecule has 88 valence electrons. The first-order valence-electron chi connectivity index (χ1n) is 5.68. The van der Waals surface area contributed by atoms with Crippen molar-refractivity contribution in [1.29, 1.82) is 0 Å². The van der Waals surface area contributed by atoms with Gasteiger partial charge in [0.2, 0.25) is 0 Å². The minimum absolute atomic E-state index is 0.587. The quantitative estimate of drug-likeness (QED) is 0.775. The maximum absolute atomic E-state index is 10.3. The van der Waals surface area contributed by atoms with Crippen LogP contribution in [0.1, 0.15) is 28.4 Å². The van der Waals surface area contributed by atoms with Crippen LogP contribution in [0, 0.1) is 13.8 Å². The number of hydrogen-bond acceptors (Lipinski definition) is 2. The van der Waals surface area contributed by atoms with Crippen LogP contribution in [0.4, 0.5) is 5.69 Å². The van der Waals surface area contributed by atoms with Crippen molar-refractivity contribution >= 4 is 5.69 Å². The molecule has 2 rings (SSSR count). The molecule has 2 aromatic carbocycles. The van der Waals surface area contributed by atoms with Crippen molar-refractivity contribution in [3.05, 3.63) is 64.7 Å². The van der Waals surface area contributed by atoms with Gasteiger partial charge < -0.3 is 10.8 Å². The molecule has 0 aliphatic rings. The molecular weight excluding hydrogens is 210 g/mol. The van der Waals surface area contributed by atoms with Gasteiger partial charge in [0.1, 0.15) is 6.10 Å². The van der Waals surface area contributed by atoms with Crippen molar-refractivity contribution in [2.24, 2.45) is 0 Å². The molecule has 0 aliphatic heterocycles. The van der Waals surface area contributed by atoms with Gasteiger partial charge in [-0.1, -0.05) is 35.9 Å². The summed E-state index contributed by atoms with van der Waals surface area (Å²) in [5, 5.41) is 10.3. The maximum atomic E-state index is 10.3. The molecule has 0 bridgehead atoms. The van der Waals surface area contributed by atoms with E-state index in [-0.39, 0.29) is 0 Å². The van der Waals surface area contributed by atoms with E-state index < -0.39 is 6.10 Å². The molecular formula is C15H17NO. The molecule has 0 aromatic heterocycles. The number of aryl methyl sites for hydroxylation is 2. The number of anilines is 1. The average molecular weight is 227 g/mol. The van der Waals surface area contributed by atoms with Crippen molar-refractivity contribution in [3.8, 4) is 0 Å². The highest BCUT2D eigenvalue weighted by Crippen LogP contribution is 2.25. The van der Waals surface area contributed by atoms with Gasteiger partial charge in [-0.15, -0.1) is 0 Å². The summed E-state index contributed by atoms with van der Waals surface area (Å²) in [5.41, 5.74) is 10.5. The Bertz CT molecular complexity index is 517. The number of nitrogen functional groups attached to an aromatic ring is 1. The number of aliphatic hydroxyl groups excluding tert-OH is 1. The number of nitrogens with two attached hydrogens (primary N) is 1. The summed E-state index contributed by atoms with van der Waals surface area (Å²) in [6, 6.07) is 13.4. The third kappa shape index (κ3) is 2.48. The van der Waals surface area contributed by atoms with Crippen molar-refractivity contribution < 1.29 is 5.11 Å². The number of rotatable bonds is 2. The second-order valence-electron chi connectivity index (χ2n) is 4.43. The van der Waals surface area contributed by atoms with Crippen LogP contribution in [-0.4, -0.2) is 5.11 Å². The van der Waals surface area contributed by atoms with E-state index in [9.17, 15) is 5.11 Å². The first-order chi connectivity index (χ1) is 8.08. The van der Waals surface area contributed by atoms with Crippen LogP contribution in [-0.2, 0) is 0 Å². The Hall–Kier alpha value is -1.80. The van der Waals surface area contributed by atoms with Gasteiger partial charge in [0.05, 0.1) is 0 Å². The Kier molecular flexibility index (Phi) is 3.16. The van der Waals surface area contributed by atoms with Gasteiger partial charge >= 0.3 is 0 Å². The van der Waals surface area contributed by atoms with Crippen LogP contribution in [0.3, 0.4) is 0 Å². The monoisotopic (exact) mass is 227 g/mol. The van der Waals surface area contributed by atoms with E-state index in [1.54, 1.807) is 0 Å². The molecule has 2 aromatic rings. The van der Waals surface area contributed by atoms with E-state index in [2.05, 4.69) is 6.07 Å². The standard InChI is InChI=1S/C15H17NO/c1-10-3-8-14(11(2)9-10)15(17)12-4-6-13(16)7-5-12/h3-9,15,17H,16H2,1-2H3/t15-/m0/s1. The highest BCUT2D eigenvalue weighted by Gasteiger charge is 2.12. The van der Waals surface area contributed by atoms with Gasteiger partial charge in [-0.25, -0.2) is 0 Å². The zero-order valence-electron chi connectivity index (χ0n) is 10.1. The van der Waals surface area contributed by atoms with Crippen LogP contribution in [0.25, 0.3) is 0 Å². The Morgan fingerprint density at radius 3 is 2.24 bits per heavy atom. The fraction of sp³-hybridized carbons (Fsp3) is 0.200. The molecule has 0 spiro atoms. The topological polar surface area (TPSA) is 46.2 Å². The second kappa shape index (κ2) is 4.60. The molecule has 2 nitrogen and oxygen atoms in total. The summed E-state index contributed by atoms with van der Waals surface area (Å²) in [6.45, 7) is 4.06. The summed E-state index contributed by atoms with van der Waals surface area (Å²) in [7, 11) is 0. The van der Waals surface area contributed by atoms with Crippen molar-refractivity contribution in [2.45, 2.75) is 20.0 Å². The predicted molar refractivity (Wildman–Crippen MR) is 70.8 cm³/mol. The summed E-state index contributed by atoms with van der Waals surface area (Å²) < 4.78 is 0.